The highest BCUT2D eigenvalue weighted by Crippen LogP contribution is 2.51. The van der Waals surface area contributed by atoms with E-state index >= 15 is 4.57 Å². The van der Waals surface area contributed by atoms with Crippen molar-refractivity contribution in [2.75, 3.05) is 0 Å². The van der Waals surface area contributed by atoms with Crippen LogP contribution in [0, 0.1) is 0 Å². The standard InChI is InChI=1S/C34H47O3P/c1-6-11-20-29-21-12-13-26-34(29)38(35,36-32-24-14-22-27(16-7-2)30(32)18-9-4)37-33-25-15-23-28(17-8-3)31(33)19-10-5/h12-15,21-26H,6-11,16-20H2,1-5H3. The summed E-state index contributed by atoms with van der Waals surface area (Å²) in [4.78, 5) is 0. The first-order chi connectivity index (χ1) is 18.5. The number of benzene rings is 3. The summed E-state index contributed by atoms with van der Waals surface area (Å²) in [7, 11) is -3.77. The van der Waals surface area contributed by atoms with Gasteiger partial charge < -0.3 is 9.05 Å². The molecule has 0 radical (unpaired) electrons. The minimum Gasteiger partial charge on any atom is -0.413 e. The lowest BCUT2D eigenvalue weighted by Gasteiger charge is -2.26. The molecule has 3 rings (SSSR count). The molecule has 206 valence electrons. The normalized spacial score (nSPS) is 11.5. The summed E-state index contributed by atoms with van der Waals surface area (Å²) in [6, 6.07) is 20.3. The van der Waals surface area contributed by atoms with Gasteiger partial charge in [-0.1, -0.05) is 109 Å². The van der Waals surface area contributed by atoms with Gasteiger partial charge in [0.15, 0.2) is 0 Å². The lowest BCUT2D eigenvalue weighted by Crippen LogP contribution is -2.20. The molecule has 0 fully saturated rings. The second kappa shape index (κ2) is 15.2. The van der Waals surface area contributed by atoms with Crippen molar-refractivity contribution >= 4 is 12.9 Å². The minimum absolute atomic E-state index is 0.681. The van der Waals surface area contributed by atoms with Crippen molar-refractivity contribution in [3.8, 4) is 11.5 Å². The maximum Gasteiger partial charge on any atom is 0.463 e. The zero-order chi connectivity index (χ0) is 27.4. The van der Waals surface area contributed by atoms with Gasteiger partial charge in [-0.3, -0.25) is 0 Å². The molecule has 3 aromatic carbocycles. The van der Waals surface area contributed by atoms with Crippen molar-refractivity contribution in [2.24, 2.45) is 0 Å². The van der Waals surface area contributed by atoms with E-state index in [2.05, 4.69) is 52.8 Å². The molecule has 3 nitrogen and oxygen atoms in total. The predicted molar refractivity (Wildman–Crippen MR) is 162 cm³/mol. The van der Waals surface area contributed by atoms with Crippen LogP contribution in [-0.2, 0) is 36.7 Å². The summed E-state index contributed by atoms with van der Waals surface area (Å²) in [5.74, 6) is 1.38. The topological polar surface area (TPSA) is 35.5 Å². The summed E-state index contributed by atoms with van der Waals surface area (Å²) in [5.41, 5.74) is 5.89. The quantitative estimate of drug-likeness (QED) is 0.172. The summed E-state index contributed by atoms with van der Waals surface area (Å²) >= 11 is 0. The predicted octanol–water partition coefficient (Wildman–Crippen LogP) is 9.82. The van der Waals surface area contributed by atoms with E-state index in [0.717, 1.165) is 87.3 Å². The molecule has 0 bridgehead atoms. The number of aryl methyl sites for hydroxylation is 3. The number of rotatable bonds is 16. The fourth-order valence-corrected chi connectivity index (χ4v) is 7.10. The maximum atomic E-state index is 15.1. The van der Waals surface area contributed by atoms with Crippen molar-refractivity contribution in [2.45, 2.75) is 105 Å². The molecule has 0 aliphatic heterocycles. The van der Waals surface area contributed by atoms with Gasteiger partial charge in [0.25, 0.3) is 0 Å². The van der Waals surface area contributed by atoms with Crippen molar-refractivity contribution < 1.29 is 13.6 Å². The molecule has 4 heteroatoms. The van der Waals surface area contributed by atoms with Gasteiger partial charge in [0.2, 0.25) is 0 Å². The summed E-state index contributed by atoms with van der Waals surface area (Å²) < 4.78 is 28.4. The van der Waals surface area contributed by atoms with E-state index in [1.54, 1.807) is 0 Å². The lowest BCUT2D eigenvalue weighted by atomic mass is 9.99. The van der Waals surface area contributed by atoms with Gasteiger partial charge in [0.1, 0.15) is 11.5 Å². The first-order valence-corrected chi connectivity index (χ1v) is 16.3. The highest BCUT2D eigenvalue weighted by molar-refractivity contribution is 7.63. The number of unbranched alkanes of at least 4 members (excludes halogenated alkanes) is 1. The van der Waals surface area contributed by atoms with Crippen LogP contribution in [0.4, 0.5) is 0 Å². The average molecular weight is 535 g/mol. The smallest absolute Gasteiger partial charge is 0.413 e. The van der Waals surface area contributed by atoms with Crippen LogP contribution < -0.4 is 14.4 Å². The van der Waals surface area contributed by atoms with Gasteiger partial charge in [-0.05, 0) is 84.5 Å². The van der Waals surface area contributed by atoms with E-state index in [1.165, 1.54) is 11.1 Å². The third-order valence-electron chi connectivity index (χ3n) is 7.02. The van der Waals surface area contributed by atoms with Gasteiger partial charge in [0.05, 0.1) is 5.30 Å². The Morgan fingerprint density at radius 1 is 0.526 bits per heavy atom. The highest BCUT2D eigenvalue weighted by atomic mass is 31.2. The van der Waals surface area contributed by atoms with Crippen LogP contribution in [0.25, 0.3) is 0 Å². The molecule has 0 spiro atoms. The Labute approximate surface area is 231 Å². The zero-order valence-corrected chi connectivity index (χ0v) is 25.1. The third kappa shape index (κ3) is 7.54. The molecule has 0 aromatic heterocycles. The Morgan fingerprint density at radius 3 is 1.47 bits per heavy atom. The summed E-state index contributed by atoms with van der Waals surface area (Å²) in [6.07, 6.45) is 10.8. The molecular formula is C34H47O3P. The van der Waals surface area contributed by atoms with Crippen molar-refractivity contribution in [3.05, 3.63) is 88.5 Å². The molecule has 0 atom stereocenters. The van der Waals surface area contributed by atoms with E-state index < -0.39 is 7.60 Å². The van der Waals surface area contributed by atoms with E-state index in [1.807, 2.05) is 42.5 Å². The molecule has 0 unspecified atom stereocenters. The molecule has 38 heavy (non-hydrogen) atoms. The molecule has 0 amide bonds. The van der Waals surface area contributed by atoms with Crippen molar-refractivity contribution in [3.63, 3.8) is 0 Å². The minimum atomic E-state index is -3.77. The van der Waals surface area contributed by atoms with Crippen LogP contribution in [0.2, 0.25) is 0 Å². The van der Waals surface area contributed by atoms with Gasteiger partial charge in [-0.15, -0.1) is 0 Å². The van der Waals surface area contributed by atoms with Gasteiger partial charge >= 0.3 is 7.60 Å². The van der Waals surface area contributed by atoms with Gasteiger partial charge in [-0.2, -0.15) is 0 Å². The van der Waals surface area contributed by atoms with E-state index in [-0.39, 0.29) is 0 Å². The molecule has 0 saturated heterocycles. The monoisotopic (exact) mass is 534 g/mol. The van der Waals surface area contributed by atoms with Crippen molar-refractivity contribution in [1.82, 2.24) is 0 Å². The molecule has 3 aromatic rings. The first-order valence-electron chi connectivity index (χ1n) is 14.8. The Bertz CT molecular complexity index is 1130. The van der Waals surface area contributed by atoms with Gasteiger partial charge in [-0.25, -0.2) is 4.57 Å². The fourth-order valence-electron chi connectivity index (χ4n) is 5.20. The largest absolute Gasteiger partial charge is 0.463 e. The molecule has 0 N–H and O–H groups in total. The van der Waals surface area contributed by atoms with Crippen LogP contribution in [0.5, 0.6) is 11.5 Å². The average Bonchev–Trinajstić information content (AvgIpc) is 2.91. The molecular weight excluding hydrogens is 487 g/mol. The van der Waals surface area contributed by atoms with Crippen LogP contribution in [0.3, 0.4) is 0 Å². The van der Waals surface area contributed by atoms with Gasteiger partial charge in [0, 0.05) is 0 Å². The summed E-state index contributed by atoms with van der Waals surface area (Å²) in [5, 5.41) is 0.681. The van der Waals surface area contributed by atoms with E-state index in [4.69, 9.17) is 9.05 Å². The van der Waals surface area contributed by atoms with Crippen LogP contribution in [0.1, 0.15) is 101 Å². The Morgan fingerprint density at radius 2 is 1.00 bits per heavy atom. The number of hydrogen-bond donors (Lipinski definition) is 0. The Balaban J connectivity index is 2.19. The first kappa shape index (κ1) is 30.0. The Hall–Kier alpha value is -2.51. The fraction of sp³-hybridized carbons (Fsp3) is 0.471. The second-order valence-electron chi connectivity index (χ2n) is 10.2. The molecule has 0 saturated carbocycles. The second-order valence-corrected chi connectivity index (χ2v) is 12.0. The molecule has 0 heterocycles. The molecule has 0 aliphatic rings. The lowest BCUT2D eigenvalue weighted by molar-refractivity contribution is 0.394. The van der Waals surface area contributed by atoms with Crippen LogP contribution in [-0.4, -0.2) is 0 Å². The van der Waals surface area contributed by atoms with Crippen LogP contribution >= 0.6 is 7.60 Å². The molecule has 0 aliphatic carbocycles. The zero-order valence-electron chi connectivity index (χ0n) is 24.2. The highest BCUT2D eigenvalue weighted by Gasteiger charge is 2.35. The summed E-state index contributed by atoms with van der Waals surface area (Å²) in [6.45, 7) is 10.9. The van der Waals surface area contributed by atoms with E-state index in [9.17, 15) is 0 Å². The maximum absolute atomic E-state index is 15.1. The Kier molecular flexibility index (Phi) is 12.0. The SMILES string of the molecule is CCCCc1ccccc1P(=O)(Oc1cccc(CCC)c1CCC)Oc1cccc(CCC)c1CCC. The van der Waals surface area contributed by atoms with Crippen molar-refractivity contribution in [1.29, 1.82) is 0 Å². The van der Waals surface area contributed by atoms with Crippen LogP contribution in [0.15, 0.2) is 60.7 Å². The van der Waals surface area contributed by atoms with E-state index in [0.29, 0.717) is 16.8 Å². The number of hydrogen-bond acceptors (Lipinski definition) is 3. The third-order valence-corrected chi connectivity index (χ3v) is 8.92.